The van der Waals surface area contributed by atoms with Crippen LogP contribution in [0.5, 0.6) is 0 Å². The van der Waals surface area contributed by atoms with Gasteiger partial charge in [0.15, 0.2) is 5.78 Å². The first-order valence-corrected chi connectivity index (χ1v) is 12.9. The number of benzene rings is 4. The number of rotatable bonds is 9. The minimum atomic E-state index is -0.637. The fourth-order valence-corrected chi connectivity index (χ4v) is 4.00. The van der Waals surface area contributed by atoms with Crippen molar-refractivity contribution >= 4 is 64.3 Å². The maximum absolute atomic E-state index is 13.2. The van der Waals surface area contributed by atoms with E-state index in [0.717, 1.165) is 0 Å². The second-order valence-corrected chi connectivity index (χ2v) is 9.38. The number of nitro groups is 1. The standard InChI is InChI=1S/C31H21Cl2N3O5/c32-26-8-4-7-22(29(26)33)13-18-28(37)21-11-14-24(15-12-21)34-31(39)27(35-30(38)23-5-2-1-3-6-23)19-20-9-16-25(17-10-20)36(40)41/h1-19H,(H,34,39)(H,35,38)/b18-13+,27-19-. The van der Waals surface area contributed by atoms with E-state index in [1.807, 2.05) is 0 Å². The van der Waals surface area contributed by atoms with Gasteiger partial charge in [-0.1, -0.05) is 53.5 Å². The Morgan fingerprint density at radius 1 is 0.780 bits per heavy atom. The van der Waals surface area contributed by atoms with Gasteiger partial charge >= 0.3 is 0 Å². The normalized spacial score (nSPS) is 11.2. The largest absolute Gasteiger partial charge is 0.321 e. The first-order valence-electron chi connectivity index (χ1n) is 12.1. The van der Waals surface area contributed by atoms with Crippen molar-refractivity contribution in [3.8, 4) is 0 Å². The molecule has 10 heteroatoms. The molecule has 8 nitrogen and oxygen atoms in total. The number of halogens is 2. The predicted octanol–water partition coefficient (Wildman–Crippen LogP) is 7.21. The van der Waals surface area contributed by atoms with E-state index in [9.17, 15) is 24.5 Å². The quantitative estimate of drug-likeness (QED) is 0.0930. The highest BCUT2D eigenvalue weighted by atomic mass is 35.5. The molecule has 2 amide bonds. The fraction of sp³-hybridized carbons (Fsp3) is 0. The molecule has 0 heterocycles. The van der Waals surface area contributed by atoms with Crippen molar-refractivity contribution in [2.24, 2.45) is 0 Å². The number of hydrogen-bond donors (Lipinski definition) is 2. The number of hydrogen-bond acceptors (Lipinski definition) is 5. The summed E-state index contributed by atoms with van der Waals surface area (Å²) in [7, 11) is 0. The zero-order valence-electron chi connectivity index (χ0n) is 21.2. The first-order chi connectivity index (χ1) is 19.7. The maximum Gasteiger partial charge on any atom is 0.272 e. The molecule has 0 atom stereocenters. The Morgan fingerprint density at radius 2 is 1.46 bits per heavy atom. The highest BCUT2D eigenvalue weighted by molar-refractivity contribution is 6.43. The summed E-state index contributed by atoms with van der Waals surface area (Å²) in [6.07, 6.45) is 4.34. The molecule has 4 rings (SSSR count). The van der Waals surface area contributed by atoms with Crippen molar-refractivity contribution in [1.29, 1.82) is 0 Å². The van der Waals surface area contributed by atoms with Gasteiger partial charge < -0.3 is 10.6 Å². The average molecular weight is 586 g/mol. The molecule has 0 aliphatic carbocycles. The van der Waals surface area contributed by atoms with E-state index in [1.165, 1.54) is 36.4 Å². The van der Waals surface area contributed by atoms with E-state index in [-0.39, 0.29) is 17.2 Å². The maximum atomic E-state index is 13.2. The number of allylic oxidation sites excluding steroid dienone is 1. The van der Waals surface area contributed by atoms with E-state index in [2.05, 4.69) is 10.6 Å². The molecule has 0 spiro atoms. The number of amides is 2. The van der Waals surface area contributed by atoms with Crippen LogP contribution in [0.2, 0.25) is 10.0 Å². The molecule has 0 bridgehead atoms. The van der Waals surface area contributed by atoms with Crippen molar-refractivity contribution in [1.82, 2.24) is 5.32 Å². The van der Waals surface area contributed by atoms with Crippen LogP contribution in [0, 0.1) is 10.1 Å². The van der Waals surface area contributed by atoms with Gasteiger partial charge in [0.05, 0.1) is 15.0 Å². The molecule has 0 saturated carbocycles. The average Bonchev–Trinajstić information content (AvgIpc) is 2.98. The van der Waals surface area contributed by atoms with Crippen molar-refractivity contribution in [2.45, 2.75) is 0 Å². The second kappa shape index (κ2) is 13.3. The minimum Gasteiger partial charge on any atom is -0.321 e. The Balaban J connectivity index is 1.51. The van der Waals surface area contributed by atoms with E-state index in [0.29, 0.717) is 38.0 Å². The van der Waals surface area contributed by atoms with Gasteiger partial charge in [-0.3, -0.25) is 24.5 Å². The molecule has 0 aliphatic rings. The molecule has 4 aromatic rings. The summed E-state index contributed by atoms with van der Waals surface area (Å²) in [5.41, 5.74) is 1.94. The summed E-state index contributed by atoms with van der Waals surface area (Å²) in [6, 6.07) is 25.1. The number of nitrogens with zero attached hydrogens (tertiary/aromatic N) is 1. The van der Waals surface area contributed by atoms with Crippen LogP contribution in [-0.2, 0) is 4.79 Å². The predicted molar refractivity (Wildman–Crippen MR) is 160 cm³/mol. The van der Waals surface area contributed by atoms with Crippen LogP contribution in [-0.4, -0.2) is 22.5 Å². The molecule has 0 radical (unpaired) electrons. The van der Waals surface area contributed by atoms with Gasteiger partial charge in [0.2, 0.25) is 0 Å². The Bertz CT molecular complexity index is 1670. The summed E-state index contributed by atoms with van der Waals surface area (Å²) < 4.78 is 0. The molecule has 0 aromatic heterocycles. The summed E-state index contributed by atoms with van der Waals surface area (Å²) in [6.45, 7) is 0. The van der Waals surface area contributed by atoms with Crippen LogP contribution in [0.1, 0.15) is 31.8 Å². The van der Waals surface area contributed by atoms with Gasteiger partial charge in [-0.05, 0) is 84.0 Å². The summed E-state index contributed by atoms with van der Waals surface area (Å²) in [5.74, 6) is -1.43. The van der Waals surface area contributed by atoms with E-state index < -0.39 is 16.7 Å². The Labute approximate surface area is 245 Å². The van der Waals surface area contributed by atoms with Gasteiger partial charge in [-0.15, -0.1) is 0 Å². The molecule has 0 aliphatic heterocycles. The van der Waals surface area contributed by atoms with Gasteiger partial charge in [0, 0.05) is 28.9 Å². The number of anilines is 1. The lowest BCUT2D eigenvalue weighted by atomic mass is 10.1. The number of nitrogens with one attached hydrogen (secondary N) is 2. The number of carbonyl (C=O) groups is 3. The van der Waals surface area contributed by atoms with Crippen LogP contribution in [0.4, 0.5) is 11.4 Å². The topological polar surface area (TPSA) is 118 Å². The van der Waals surface area contributed by atoms with Crippen molar-refractivity contribution in [3.05, 3.63) is 151 Å². The summed E-state index contributed by atoms with van der Waals surface area (Å²) >= 11 is 12.2. The van der Waals surface area contributed by atoms with E-state index >= 15 is 0 Å². The number of ketones is 1. The third-order valence-electron chi connectivity index (χ3n) is 5.77. The van der Waals surface area contributed by atoms with Gasteiger partial charge in [-0.2, -0.15) is 0 Å². The molecule has 2 N–H and O–H groups in total. The third kappa shape index (κ3) is 7.76. The lowest BCUT2D eigenvalue weighted by Crippen LogP contribution is -2.30. The number of nitro benzene ring substituents is 1. The zero-order chi connectivity index (χ0) is 29.4. The van der Waals surface area contributed by atoms with Crippen LogP contribution in [0.15, 0.2) is 109 Å². The van der Waals surface area contributed by atoms with E-state index in [4.69, 9.17) is 23.2 Å². The lowest BCUT2D eigenvalue weighted by Gasteiger charge is -2.12. The SMILES string of the molecule is O=C(Nc1ccc(C(=O)/C=C/c2cccc(Cl)c2Cl)cc1)/C(=C/c1ccc([N+](=O)[O-])cc1)NC(=O)c1ccccc1. The fourth-order valence-electron chi connectivity index (χ4n) is 3.63. The first kappa shape index (κ1) is 28.9. The molecular weight excluding hydrogens is 565 g/mol. The smallest absolute Gasteiger partial charge is 0.272 e. The Hall–Kier alpha value is -5.05. The second-order valence-electron chi connectivity index (χ2n) is 8.60. The summed E-state index contributed by atoms with van der Waals surface area (Å²) in [5, 5.41) is 17.0. The molecule has 0 saturated heterocycles. The molecule has 0 unspecified atom stereocenters. The summed E-state index contributed by atoms with van der Waals surface area (Å²) in [4.78, 5) is 49.1. The van der Waals surface area contributed by atoms with Crippen molar-refractivity contribution in [2.75, 3.05) is 5.32 Å². The van der Waals surface area contributed by atoms with E-state index in [1.54, 1.807) is 78.9 Å². The highest BCUT2D eigenvalue weighted by Gasteiger charge is 2.16. The highest BCUT2D eigenvalue weighted by Crippen LogP contribution is 2.26. The molecule has 4 aromatic carbocycles. The zero-order valence-corrected chi connectivity index (χ0v) is 22.7. The Kier molecular flexibility index (Phi) is 9.42. The van der Waals surface area contributed by atoms with Crippen molar-refractivity contribution < 1.29 is 19.3 Å². The lowest BCUT2D eigenvalue weighted by molar-refractivity contribution is -0.384. The third-order valence-corrected chi connectivity index (χ3v) is 6.60. The molecule has 0 fully saturated rings. The monoisotopic (exact) mass is 585 g/mol. The van der Waals surface area contributed by atoms with Gasteiger partial charge in [-0.25, -0.2) is 0 Å². The number of non-ortho nitro benzene ring substituents is 1. The van der Waals surface area contributed by atoms with Crippen LogP contribution < -0.4 is 10.6 Å². The van der Waals surface area contributed by atoms with Crippen LogP contribution >= 0.6 is 23.2 Å². The van der Waals surface area contributed by atoms with Gasteiger partial charge in [0.1, 0.15) is 5.70 Å². The minimum absolute atomic E-state index is 0.0887. The van der Waals surface area contributed by atoms with Crippen molar-refractivity contribution in [3.63, 3.8) is 0 Å². The Morgan fingerprint density at radius 3 is 2.12 bits per heavy atom. The van der Waals surface area contributed by atoms with Crippen LogP contribution in [0.3, 0.4) is 0 Å². The molecular formula is C31H21Cl2N3O5. The van der Waals surface area contributed by atoms with Crippen LogP contribution in [0.25, 0.3) is 12.2 Å². The van der Waals surface area contributed by atoms with Gasteiger partial charge in [0.25, 0.3) is 17.5 Å². The molecule has 41 heavy (non-hydrogen) atoms. The molecule has 204 valence electrons. The number of carbonyl (C=O) groups excluding carboxylic acids is 3.